The normalized spacial score (nSPS) is 19.4. The van der Waals surface area contributed by atoms with E-state index in [0.717, 1.165) is 34.0 Å². The molecule has 0 spiro atoms. The van der Waals surface area contributed by atoms with Gasteiger partial charge >= 0.3 is 0 Å². The monoisotopic (exact) mass is 396 g/mol. The summed E-state index contributed by atoms with van der Waals surface area (Å²) in [5.41, 5.74) is 2.76. The molecule has 2 aromatic carbocycles. The molecule has 1 unspecified atom stereocenters. The van der Waals surface area contributed by atoms with E-state index in [0.29, 0.717) is 18.8 Å². The average molecular weight is 397 g/mol. The number of carbonyl (C=O) groups excluding carboxylic acids is 2. The Kier molecular flexibility index (Phi) is 5.31. The summed E-state index contributed by atoms with van der Waals surface area (Å²) in [5, 5.41) is 0. The van der Waals surface area contributed by atoms with Crippen molar-refractivity contribution in [1.82, 2.24) is 0 Å². The number of hydrogen-bond donors (Lipinski definition) is 0. The highest BCUT2D eigenvalue weighted by Crippen LogP contribution is 2.37. The van der Waals surface area contributed by atoms with Crippen molar-refractivity contribution in [2.24, 2.45) is 5.92 Å². The Bertz CT molecular complexity index is 914. The number of fused-ring (bicyclic) bond motifs is 1. The van der Waals surface area contributed by atoms with Crippen LogP contribution in [0.1, 0.15) is 18.4 Å². The number of nitrogens with zero attached hydrogens (tertiary/aromatic N) is 2. The van der Waals surface area contributed by atoms with E-state index in [1.54, 1.807) is 23.8 Å². The van der Waals surface area contributed by atoms with Crippen LogP contribution in [0.3, 0.4) is 0 Å². The third kappa shape index (κ3) is 3.49. The van der Waals surface area contributed by atoms with Gasteiger partial charge in [-0.3, -0.25) is 9.59 Å². The second kappa shape index (κ2) is 7.87. The second-order valence-corrected chi connectivity index (χ2v) is 8.38. The largest absolute Gasteiger partial charge is 0.495 e. The van der Waals surface area contributed by atoms with E-state index in [-0.39, 0.29) is 24.2 Å². The maximum Gasteiger partial charge on any atom is 0.232 e. The molecule has 1 fully saturated rings. The molecule has 2 aromatic rings. The van der Waals surface area contributed by atoms with Crippen molar-refractivity contribution in [3.05, 3.63) is 48.0 Å². The van der Waals surface area contributed by atoms with Crippen LogP contribution in [-0.2, 0) is 9.59 Å². The van der Waals surface area contributed by atoms with Gasteiger partial charge in [-0.2, -0.15) is 0 Å². The molecule has 0 N–H and O–H groups in total. The molecule has 0 saturated carbocycles. The maximum absolute atomic E-state index is 13.4. The van der Waals surface area contributed by atoms with Gasteiger partial charge in [0.15, 0.2) is 0 Å². The lowest BCUT2D eigenvalue weighted by molar-refractivity contribution is -0.124. The van der Waals surface area contributed by atoms with Gasteiger partial charge in [-0.1, -0.05) is 18.2 Å². The van der Waals surface area contributed by atoms with Gasteiger partial charge in [0.05, 0.1) is 24.4 Å². The first kappa shape index (κ1) is 18.9. The predicted molar refractivity (Wildman–Crippen MR) is 112 cm³/mol. The van der Waals surface area contributed by atoms with Crippen molar-refractivity contribution in [3.63, 3.8) is 0 Å². The number of anilines is 2. The van der Waals surface area contributed by atoms with Crippen LogP contribution in [0.2, 0.25) is 0 Å². The lowest BCUT2D eigenvalue weighted by atomic mass is 10.1. The molecule has 2 amide bonds. The first-order valence-electron chi connectivity index (χ1n) is 9.56. The SMILES string of the molecule is COc1ccc(C)cc1N1CC(C(=O)N2CCCSc3ccccc32)CC1=O. The molecule has 28 heavy (non-hydrogen) atoms. The number of rotatable bonds is 3. The minimum atomic E-state index is -0.339. The highest BCUT2D eigenvalue weighted by atomic mass is 32.2. The van der Waals surface area contributed by atoms with Crippen molar-refractivity contribution in [2.45, 2.75) is 24.7 Å². The van der Waals surface area contributed by atoms with Gasteiger partial charge in [-0.15, -0.1) is 11.8 Å². The molecule has 6 heteroatoms. The molecule has 2 aliphatic heterocycles. The summed E-state index contributed by atoms with van der Waals surface area (Å²) in [6.45, 7) is 3.07. The van der Waals surface area contributed by atoms with E-state index in [4.69, 9.17) is 4.74 Å². The van der Waals surface area contributed by atoms with E-state index in [2.05, 4.69) is 6.07 Å². The first-order chi connectivity index (χ1) is 13.6. The van der Waals surface area contributed by atoms with Crippen molar-refractivity contribution < 1.29 is 14.3 Å². The Morgan fingerprint density at radius 1 is 1.18 bits per heavy atom. The zero-order valence-corrected chi connectivity index (χ0v) is 17.0. The smallest absolute Gasteiger partial charge is 0.232 e. The molecule has 0 radical (unpaired) electrons. The lowest BCUT2D eigenvalue weighted by Gasteiger charge is -2.26. The molecule has 1 saturated heterocycles. The molecule has 4 rings (SSSR count). The quantitative estimate of drug-likeness (QED) is 0.790. The van der Waals surface area contributed by atoms with Crippen molar-refractivity contribution in [1.29, 1.82) is 0 Å². The van der Waals surface area contributed by atoms with Gasteiger partial charge in [0.1, 0.15) is 5.75 Å². The third-order valence-electron chi connectivity index (χ3n) is 5.31. The summed E-state index contributed by atoms with van der Waals surface area (Å²) in [5.74, 6) is 1.33. The number of methoxy groups -OCH3 is 1. The highest BCUT2D eigenvalue weighted by Gasteiger charge is 2.39. The standard InChI is InChI=1S/C22H24N2O3S/c1-15-8-9-19(27-2)18(12-15)24-14-16(13-21(24)25)22(26)23-10-5-11-28-20-7-4-3-6-17(20)23/h3-4,6-9,12,16H,5,10-11,13-14H2,1-2H3. The number of ether oxygens (including phenoxy) is 1. The number of carbonyl (C=O) groups is 2. The third-order valence-corrected chi connectivity index (χ3v) is 6.45. The minimum Gasteiger partial charge on any atom is -0.495 e. The van der Waals surface area contributed by atoms with Crippen LogP contribution >= 0.6 is 11.8 Å². The Labute approximate surface area is 169 Å². The number of benzene rings is 2. The Morgan fingerprint density at radius 3 is 2.82 bits per heavy atom. The molecule has 2 aliphatic rings. The Balaban J connectivity index is 1.59. The second-order valence-electron chi connectivity index (χ2n) is 7.24. The molecular weight excluding hydrogens is 372 g/mol. The van der Waals surface area contributed by atoms with Crippen molar-refractivity contribution >= 4 is 35.0 Å². The van der Waals surface area contributed by atoms with Gasteiger partial charge in [0.25, 0.3) is 0 Å². The summed E-state index contributed by atoms with van der Waals surface area (Å²) >= 11 is 1.79. The summed E-state index contributed by atoms with van der Waals surface area (Å²) in [7, 11) is 1.60. The molecule has 146 valence electrons. The van der Waals surface area contributed by atoms with Gasteiger partial charge in [0.2, 0.25) is 11.8 Å². The lowest BCUT2D eigenvalue weighted by Crippen LogP contribution is -2.38. The van der Waals surface area contributed by atoms with Crippen LogP contribution in [0, 0.1) is 12.8 Å². The summed E-state index contributed by atoms with van der Waals surface area (Å²) < 4.78 is 5.44. The predicted octanol–water partition coefficient (Wildman–Crippen LogP) is 3.89. The average Bonchev–Trinajstić information content (AvgIpc) is 2.96. The number of hydrogen-bond acceptors (Lipinski definition) is 4. The van der Waals surface area contributed by atoms with Gasteiger partial charge in [-0.25, -0.2) is 0 Å². The van der Waals surface area contributed by atoms with Gasteiger partial charge in [-0.05, 0) is 48.9 Å². The molecule has 0 aliphatic carbocycles. The zero-order valence-electron chi connectivity index (χ0n) is 16.2. The summed E-state index contributed by atoms with van der Waals surface area (Å²) in [4.78, 5) is 30.8. The van der Waals surface area contributed by atoms with E-state index in [9.17, 15) is 9.59 Å². The van der Waals surface area contributed by atoms with Gasteiger partial charge in [0, 0.05) is 24.4 Å². The molecule has 1 atom stereocenters. The van der Waals surface area contributed by atoms with Crippen molar-refractivity contribution in [2.75, 3.05) is 35.8 Å². The van der Waals surface area contributed by atoms with Crippen molar-refractivity contribution in [3.8, 4) is 5.75 Å². The summed E-state index contributed by atoms with van der Waals surface area (Å²) in [6, 6.07) is 13.8. The number of amides is 2. The molecule has 5 nitrogen and oxygen atoms in total. The number of thioether (sulfide) groups is 1. The Hall–Kier alpha value is -2.47. The fourth-order valence-corrected chi connectivity index (χ4v) is 4.89. The van der Waals surface area contributed by atoms with Crippen LogP contribution in [0.5, 0.6) is 5.75 Å². The maximum atomic E-state index is 13.4. The molecule has 2 heterocycles. The van der Waals surface area contributed by atoms with E-state index in [1.807, 2.05) is 48.2 Å². The molecular formula is C22H24N2O3S. The van der Waals surface area contributed by atoms with Gasteiger partial charge < -0.3 is 14.5 Å². The van der Waals surface area contributed by atoms with Crippen LogP contribution in [0.4, 0.5) is 11.4 Å². The van der Waals surface area contributed by atoms with Crippen LogP contribution in [-0.4, -0.2) is 37.8 Å². The van der Waals surface area contributed by atoms with E-state index < -0.39 is 0 Å². The Morgan fingerprint density at radius 2 is 2.00 bits per heavy atom. The van der Waals surface area contributed by atoms with E-state index >= 15 is 0 Å². The topological polar surface area (TPSA) is 49.9 Å². The highest BCUT2D eigenvalue weighted by molar-refractivity contribution is 7.99. The van der Waals surface area contributed by atoms with Crippen LogP contribution in [0.15, 0.2) is 47.4 Å². The fraction of sp³-hybridized carbons (Fsp3) is 0.364. The zero-order chi connectivity index (χ0) is 19.7. The first-order valence-corrected chi connectivity index (χ1v) is 10.6. The fourth-order valence-electron chi connectivity index (χ4n) is 3.89. The molecule has 0 aromatic heterocycles. The minimum absolute atomic E-state index is 0.0280. The molecule has 0 bridgehead atoms. The number of aryl methyl sites for hydroxylation is 1. The van der Waals surface area contributed by atoms with Crippen LogP contribution in [0.25, 0.3) is 0 Å². The van der Waals surface area contributed by atoms with Crippen LogP contribution < -0.4 is 14.5 Å². The number of para-hydroxylation sites is 1. The summed E-state index contributed by atoms with van der Waals surface area (Å²) in [6.07, 6.45) is 1.18. The van der Waals surface area contributed by atoms with E-state index in [1.165, 1.54) is 0 Å².